The second-order valence-corrected chi connectivity index (χ2v) is 6.18. The molecule has 0 aromatic carbocycles. The van der Waals surface area contributed by atoms with Crippen molar-refractivity contribution in [3.63, 3.8) is 0 Å². The van der Waals surface area contributed by atoms with Crippen molar-refractivity contribution >= 4 is 0 Å². The molecule has 5 heteroatoms. The summed E-state index contributed by atoms with van der Waals surface area (Å²) >= 11 is 0. The number of aryl methyl sites for hydroxylation is 1. The Bertz CT molecular complexity index is 414. The van der Waals surface area contributed by atoms with Gasteiger partial charge in [-0.1, -0.05) is 19.8 Å². The summed E-state index contributed by atoms with van der Waals surface area (Å²) in [7, 11) is 6.31. The van der Waals surface area contributed by atoms with Crippen molar-refractivity contribution in [2.24, 2.45) is 18.8 Å². The topological polar surface area (TPSA) is 59.1 Å². The highest BCUT2D eigenvalue weighted by Gasteiger charge is 2.45. The van der Waals surface area contributed by atoms with Crippen LogP contribution in [0.15, 0.2) is 12.3 Å². The van der Waals surface area contributed by atoms with Crippen LogP contribution in [-0.4, -0.2) is 34.3 Å². The summed E-state index contributed by atoms with van der Waals surface area (Å²) in [6.07, 6.45) is 6.76. The van der Waals surface area contributed by atoms with Gasteiger partial charge in [-0.25, -0.2) is 5.43 Å². The largest absolute Gasteiger partial charge is 0.302 e. The van der Waals surface area contributed by atoms with Gasteiger partial charge in [0.2, 0.25) is 0 Å². The first-order valence-electron chi connectivity index (χ1n) is 7.12. The Balaban J connectivity index is 2.39. The van der Waals surface area contributed by atoms with Gasteiger partial charge in [0.05, 0.1) is 11.7 Å². The lowest BCUT2D eigenvalue weighted by molar-refractivity contribution is 0.0339. The monoisotopic (exact) mass is 265 g/mol. The Hall–Kier alpha value is -0.910. The van der Waals surface area contributed by atoms with Crippen molar-refractivity contribution < 1.29 is 0 Å². The van der Waals surface area contributed by atoms with Crippen LogP contribution in [0.2, 0.25) is 0 Å². The summed E-state index contributed by atoms with van der Waals surface area (Å²) in [5.41, 5.74) is 4.28. The van der Waals surface area contributed by atoms with Gasteiger partial charge in [-0.05, 0) is 38.9 Å². The Morgan fingerprint density at radius 1 is 1.58 bits per heavy atom. The van der Waals surface area contributed by atoms with Crippen LogP contribution >= 0.6 is 0 Å². The third-order valence-electron chi connectivity index (χ3n) is 4.76. The maximum Gasteiger partial charge on any atom is 0.0812 e. The molecule has 1 aromatic rings. The standard InChI is InChI=1S/C14H27N5/c1-11-6-5-8-14(10-11,18(2)3)13(17-15)12-7-9-16-19(12)4/h7,9,11,13,17H,5-6,8,10,15H2,1-4H3. The van der Waals surface area contributed by atoms with Gasteiger partial charge >= 0.3 is 0 Å². The van der Waals surface area contributed by atoms with Crippen LogP contribution in [0.3, 0.4) is 0 Å². The van der Waals surface area contributed by atoms with E-state index < -0.39 is 0 Å². The third kappa shape index (κ3) is 2.55. The predicted octanol–water partition coefficient (Wildman–Crippen LogP) is 1.43. The summed E-state index contributed by atoms with van der Waals surface area (Å²) in [5, 5.41) is 4.29. The molecule has 1 fully saturated rings. The molecule has 0 saturated heterocycles. The van der Waals surface area contributed by atoms with E-state index >= 15 is 0 Å². The summed E-state index contributed by atoms with van der Waals surface area (Å²) in [5.74, 6) is 6.65. The van der Waals surface area contributed by atoms with Gasteiger partial charge < -0.3 is 4.90 Å². The van der Waals surface area contributed by atoms with E-state index in [0.29, 0.717) is 0 Å². The summed E-state index contributed by atoms with van der Waals surface area (Å²) < 4.78 is 1.93. The molecule has 0 aliphatic heterocycles. The Kier molecular flexibility index (Phi) is 4.28. The van der Waals surface area contributed by atoms with Crippen LogP contribution in [0.5, 0.6) is 0 Å². The lowest BCUT2D eigenvalue weighted by Crippen LogP contribution is -2.57. The number of nitrogens with one attached hydrogen (secondary N) is 1. The predicted molar refractivity (Wildman–Crippen MR) is 77.3 cm³/mol. The molecule has 5 nitrogen and oxygen atoms in total. The first kappa shape index (κ1) is 14.5. The zero-order chi connectivity index (χ0) is 14.0. The number of nitrogens with two attached hydrogens (primary N) is 1. The van der Waals surface area contributed by atoms with Gasteiger partial charge in [0.25, 0.3) is 0 Å². The Morgan fingerprint density at radius 3 is 2.79 bits per heavy atom. The number of hydrazine groups is 1. The van der Waals surface area contributed by atoms with Crippen LogP contribution in [0.4, 0.5) is 0 Å². The SMILES string of the molecule is CC1CCCC(C(NN)c2ccnn2C)(N(C)C)C1. The number of nitrogens with zero attached hydrogens (tertiary/aromatic N) is 3. The zero-order valence-corrected chi connectivity index (χ0v) is 12.6. The summed E-state index contributed by atoms with van der Waals surface area (Å²) in [6, 6.07) is 2.17. The number of likely N-dealkylation sites (N-methyl/N-ethyl adjacent to an activating group) is 1. The molecule has 3 N–H and O–H groups in total. The fourth-order valence-electron chi connectivity index (χ4n) is 3.67. The van der Waals surface area contributed by atoms with Crippen molar-refractivity contribution in [1.82, 2.24) is 20.1 Å². The second-order valence-electron chi connectivity index (χ2n) is 6.18. The molecule has 1 saturated carbocycles. The van der Waals surface area contributed by atoms with Gasteiger partial charge in [-0.3, -0.25) is 10.5 Å². The minimum atomic E-state index is 0.0697. The van der Waals surface area contributed by atoms with Crippen LogP contribution in [0.25, 0.3) is 0 Å². The van der Waals surface area contributed by atoms with Crippen molar-refractivity contribution in [1.29, 1.82) is 0 Å². The third-order valence-corrected chi connectivity index (χ3v) is 4.76. The van der Waals surface area contributed by atoms with Gasteiger partial charge in [-0.2, -0.15) is 5.10 Å². The molecule has 1 aromatic heterocycles. The number of hydrogen-bond donors (Lipinski definition) is 2. The lowest BCUT2D eigenvalue weighted by atomic mass is 9.70. The van der Waals surface area contributed by atoms with E-state index in [1.165, 1.54) is 25.7 Å². The maximum absolute atomic E-state index is 5.91. The Labute approximate surface area is 116 Å². The van der Waals surface area contributed by atoms with E-state index in [9.17, 15) is 0 Å². The highest BCUT2D eigenvalue weighted by Crippen LogP contribution is 2.43. The van der Waals surface area contributed by atoms with Crippen LogP contribution in [-0.2, 0) is 7.05 Å². The highest BCUT2D eigenvalue weighted by atomic mass is 15.3. The molecule has 19 heavy (non-hydrogen) atoms. The molecule has 1 aliphatic carbocycles. The average Bonchev–Trinajstić information content (AvgIpc) is 2.76. The number of aromatic nitrogens is 2. The average molecular weight is 265 g/mol. The lowest BCUT2D eigenvalue weighted by Gasteiger charge is -2.49. The molecular weight excluding hydrogens is 238 g/mol. The van der Waals surface area contributed by atoms with Crippen molar-refractivity contribution in [2.75, 3.05) is 14.1 Å². The molecule has 0 spiro atoms. The molecule has 3 atom stereocenters. The smallest absolute Gasteiger partial charge is 0.0812 e. The number of hydrogen-bond acceptors (Lipinski definition) is 4. The van der Waals surface area contributed by atoms with E-state index in [2.05, 4.69) is 42.5 Å². The zero-order valence-electron chi connectivity index (χ0n) is 12.6. The minimum absolute atomic E-state index is 0.0697. The van der Waals surface area contributed by atoms with E-state index in [4.69, 9.17) is 5.84 Å². The van der Waals surface area contributed by atoms with E-state index in [1.807, 2.05) is 17.9 Å². The van der Waals surface area contributed by atoms with E-state index in [1.54, 1.807) is 0 Å². The Morgan fingerprint density at radius 2 is 2.32 bits per heavy atom. The highest BCUT2D eigenvalue weighted by molar-refractivity contribution is 5.16. The molecule has 108 valence electrons. The van der Waals surface area contributed by atoms with Gasteiger partial charge in [-0.15, -0.1) is 0 Å². The summed E-state index contributed by atoms with van der Waals surface area (Å²) in [6.45, 7) is 2.34. The van der Waals surface area contributed by atoms with E-state index in [-0.39, 0.29) is 11.6 Å². The molecule has 0 bridgehead atoms. The molecule has 1 heterocycles. The first-order valence-corrected chi connectivity index (χ1v) is 7.12. The molecule has 2 rings (SSSR count). The van der Waals surface area contributed by atoms with Gasteiger partial charge in [0.15, 0.2) is 0 Å². The molecule has 1 aliphatic rings. The van der Waals surface area contributed by atoms with Crippen molar-refractivity contribution in [3.05, 3.63) is 18.0 Å². The van der Waals surface area contributed by atoms with Crippen LogP contribution in [0.1, 0.15) is 44.3 Å². The molecular formula is C14H27N5. The van der Waals surface area contributed by atoms with Crippen molar-refractivity contribution in [2.45, 2.75) is 44.2 Å². The number of rotatable bonds is 4. The first-order chi connectivity index (χ1) is 9.01. The molecule has 0 amide bonds. The summed E-state index contributed by atoms with van der Waals surface area (Å²) in [4.78, 5) is 2.35. The fraction of sp³-hybridized carbons (Fsp3) is 0.786. The van der Waals surface area contributed by atoms with Crippen molar-refractivity contribution in [3.8, 4) is 0 Å². The van der Waals surface area contributed by atoms with E-state index in [0.717, 1.165) is 11.6 Å². The quantitative estimate of drug-likeness (QED) is 0.639. The van der Waals surface area contributed by atoms with Crippen LogP contribution < -0.4 is 11.3 Å². The maximum atomic E-state index is 5.91. The second kappa shape index (κ2) is 5.61. The fourth-order valence-corrected chi connectivity index (χ4v) is 3.67. The minimum Gasteiger partial charge on any atom is -0.302 e. The molecule has 3 unspecified atom stereocenters. The normalized spacial score (nSPS) is 29.7. The van der Waals surface area contributed by atoms with Crippen LogP contribution in [0, 0.1) is 5.92 Å². The van der Waals surface area contributed by atoms with Gasteiger partial charge in [0, 0.05) is 18.8 Å². The van der Waals surface area contributed by atoms with Gasteiger partial charge in [0.1, 0.15) is 0 Å². The molecule has 0 radical (unpaired) electrons.